The van der Waals surface area contributed by atoms with Gasteiger partial charge >= 0.3 is 25.7 Å². The van der Waals surface area contributed by atoms with Crippen LogP contribution in [-0.4, -0.2) is 93.5 Å². The zero-order valence-corrected chi connectivity index (χ0v) is 38.9. The number of hydrogen-bond acceptors (Lipinski definition) is 12. The highest BCUT2D eigenvalue weighted by Gasteiger charge is 2.39. The minimum Gasteiger partial charge on any atom is -0.480 e. The maximum atomic E-state index is 12.7. The quantitative estimate of drug-likeness (QED) is 0.0147. The zero-order valence-electron chi connectivity index (χ0n) is 38.0. The first-order chi connectivity index (χ1) is 30.3. The molecule has 7 N–H and O–H groups in total. The van der Waals surface area contributed by atoms with E-state index in [-0.39, 0.29) is 31.1 Å². The molecule has 1 aliphatic carbocycles. The van der Waals surface area contributed by atoms with E-state index in [1.165, 1.54) is 19.3 Å². The number of phosphoric ester groups is 1. The van der Waals surface area contributed by atoms with Crippen LogP contribution in [0.5, 0.6) is 0 Å². The number of aliphatic carboxylic acids is 1. The maximum Gasteiger partial charge on any atom is 0.472 e. The summed E-state index contributed by atoms with van der Waals surface area (Å²) >= 11 is 0. The van der Waals surface area contributed by atoms with Crippen LogP contribution in [0.3, 0.4) is 0 Å². The zero-order chi connectivity index (χ0) is 46.6. The van der Waals surface area contributed by atoms with E-state index in [2.05, 4.69) is 67.0 Å². The number of aliphatic hydroxyl groups is 3. The van der Waals surface area contributed by atoms with Gasteiger partial charge in [0.05, 0.1) is 31.5 Å². The normalized spacial score (nSPS) is 20.7. The molecule has 360 valence electrons. The summed E-state index contributed by atoms with van der Waals surface area (Å²) in [5.74, 6) is -3.12. The number of phosphoric acid groups is 1. The summed E-state index contributed by atoms with van der Waals surface area (Å²) in [6, 6.07) is -1.57. The van der Waals surface area contributed by atoms with Crippen molar-refractivity contribution < 1.29 is 62.8 Å². The van der Waals surface area contributed by atoms with Crippen LogP contribution in [0.15, 0.2) is 72.9 Å². The first-order valence-corrected chi connectivity index (χ1v) is 24.7. The molecule has 1 unspecified atom stereocenters. The lowest BCUT2D eigenvalue weighted by Crippen LogP contribution is -2.34. The molecule has 1 rings (SSSR count). The Morgan fingerprint density at radius 3 is 1.89 bits per heavy atom. The molecule has 0 aromatic carbocycles. The standard InChI is InChI=1S/C48H80NO13P/c1-3-5-7-8-9-10-11-12-13-14-15-16-17-18-19-20-21-22-28-32-47(54)62-40(37-60-63(57,58)61-38-43(49)48(55)56)36-59-46(53)31-27-24-23-26-30-41-42(45(52)35-44(41)51)34-33-39(50)29-25-6-4-2/h9-10,12-13,15-16,18-19,23,26,33-34,39-45,50-52H,3-8,11,14,17,20-22,24-25,27-32,35-38,49H2,1-2H3,(H,55,56)(H,57,58)/b10-9-,13-12-,16-15-,19-18-,26-23+,34-33+/t39-,40+,41+,42+,43-,44-,45+/m0/s1. The molecule has 0 radical (unpaired) electrons. The van der Waals surface area contributed by atoms with Crippen molar-refractivity contribution in [1.29, 1.82) is 0 Å². The highest BCUT2D eigenvalue weighted by Crippen LogP contribution is 2.43. The molecule has 0 aliphatic heterocycles. The SMILES string of the molecule is CCCCC/C=C\C/C=C\C/C=C\C/C=C\CCCCCC(=O)O[C@H](COC(=O)CCC/C=C/C[C@@H]1[C@@H](/C=C/[C@@H](O)CCCCC)[C@H](O)C[C@@H]1O)COP(=O)(O)OC[C@H](N)C(=O)O. The van der Waals surface area contributed by atoms with Crippen molar-refractivity contribution in [3.63, 3.8) is 0 Å². The lowest BCUT2D eigenvalue weighted by Gasteiger charge is -2.20. The number of hydrogen-bond donors (Lipinski definition) is 6. The molecule has 15 heteroatoms. The minimum atomic E-state index is -4.79. The number of ether oxygens (including phenoxy) is 2. The van der Waals surface area contributed by atoms with E-state index in [4.69, 9.17) is 24.8 Å². The van der Waals surface area contributed by atoms with Gasteiger partial charge in [-0.15, -0.1) is 0 Å². The maximum absolute atomic E-state index is 12.7. The van der Waals surface area contributed by atoms with Gasteiger partial charge in [0, 0.05) is 25.2 Å². The predicted octanol–water partition coefficient (Wildman–Crippen LogP) is 8.88. The average molecular weight is 910 g/mol. The first-order valence-electron chi connectivity index (χ1n) is 23.2. The largest absolute Gasteiger partial charge is 0.480 e. The molecule has 1 fully saturated rings. The fourth-order valence-electron chi connectivity index (χ4n) is 6.75. The number of nitrogens with two attached hydrogens (primary N) is 1. The number of carboxylic acid groups (broad SMARTS) is 1. The van der Waals surface area contributed by atoms with Crippen molar-refractivity contribution in [2.75, 3.05) is 19.8 Å². The Bertz CT molecular complexity index is 1460. The van der Waals surface area contributed by atoms with E-state index in [0.717, 1.165) is 64.2 Å². The fourth-order valence-corrected chi connectivity index (χ4v) is 7.52. The third-order valence-corrected chi connectivity index (χ3v) is 11.4. The third kappa shape index (κ3) is 31.3. The molecular formula is C48H80NO13P. The van der Waals surface area contributed by atoms with Gasteiger partial charge in [-0.25, -0.2) is 4.57 Å². The van der Waals surface area contributed by atoms with E-state index >= 15 is 0 Å². The van der Waals surface area contributed by atoms with Gasteiger partial charge in [-0.05, 0) is 83.0 Å². The Morgan fingerprint density at radius 2 is 1.25 bits per heavy atom. The summed E-state index contributed by atoms with van der Waals surface area (Å²) < 4.78 is 32.7. The highest BCUT2D eigenvalue weighted by atomic mass is 31.2. The lowest BCUT2D eigenvalue weighted by molar-refractivity contribution is -0.161. The average Bonchev–Trinajstić information content (AvgIpc) is 3.52. The van der Waals surface area contributed by atoms with Crippen LogP contribution in [0, 0.1) is 11.8 Å². The second-order valence-corrected chi connectivity index (χ2v) is 17.6. The van der Waals surface area contributed by atoms with Gasteiger partial charge in [0.2, 0.25) is 0 Å². The van der Waals surface area contributed by atoms with Crippen molar-refractivity contribution in [1.82, 2.24) is 0 Å². The molecular weight excluding hydrogens is 829 g/mol. The number of carbonyl (C=O) groups excluding carboxylic acids is 2. The van der Waals surface area contributed by atoms with Gasteiger partial charge in [0.1, 0.15) is 12.6 Å². The molecule has 0 aromatic rings. The molecule has 0 aromatic heterocycles. The monoisotopic (exact) mass is 910 g/mol. The first kappa shape index (κ1) is 57.8. The Labute approximate surface area is 377 Å². The van der Waals surface area contributed by atoms with E-state index in [0.29, 0.717) is 32.1 Å². The molecule has 0 spiro atoms. The topological polar surface area (TPSA) is 232 Å². The van der Waals surface area contributed by atoms with Crippen LogP contribution in [-0.2, 0) is 37.5 Å². The summed E-state index contributed by atoms with van der Waals surface area (Å²) in [4.78, 5) is 46.2. The second-order valence-electron chi connectivity index (χ2n) is 16.1. The molecule has 0 amide bonds. The van der Waals surface area contributed by atoms with Crippen LogP contribution < -0.4 is 5.73 Å². The van der Waals surface area contributed by atoms with Crippen molar-refractivity contribution >= 4 is 25.7 Å². The molecule has 1 aliphatic rings. The Kier molecular flexibility index (Phi) is 34.0. The Balaban J connectivity index is 2.51. The molecule has 63 heavy (non-hydrogen) atoms. The summed E-state index contributed by atoms with van der Waals surface area (Å²) in [5, 5.41) is 40.2. The van der Waals surface area contributed by atoms with E-state index in [1.807, 2.05) is 18.2 Å². The van der Waals surface area contributed by atoms with Gasteiger partial charge in [-0.1, -0.05) is 125 Å². The van der Waals surface area contributed by atoms with E-state index < -0.39 is 76.0 Å². The van der Waals surface area contributed by atoms with Crippen LogP contribution in [0.25, 0.3) is 0 Å². The van der Waals surface area contributed by atoms with Gasteiger partial charge < -0.3 is 40.5 Å². The second kappa shape index (κ2) is 37.1. The molecule has 14 nitrogen and oxygen atoms in total. The minimum absolute atomic E-state index is 0.0338. The molecule has 8 atom stereocenters. The number of carbonyl (C=O) groups is 3. The van der Waals surface area contributed by atoms with Crippen LogP contribution >= 0.6 is 7.82 Å². The van der Waals surface area contributed by atoms with Crippen LogP contribution in [0.1, 0.15) is 149 Å². The Morgan fingerprint density at radius 1 is 0.698 bits per heavy atom. The van der Waals surface area contributed by atoms with Crippen molar-refractivity contribution in [2.24, 2.45) is 17.6 Å². The van der Waals surface area contributed by atoms with Gasteiger partial charge in [-0.2, -0.15) is 0 Å². The summed E-state index contributed by atoms with van der Waals surface area (Å²) in [6.45, 7) is 2.39. The van der Waals surface area contributed by atoms with Gasteiger partial charge in [0.25, 0.3) is 0 Å². The smallest absolute Gasteiger partial charge is 0.472 e. The van der Waals surface area contributed by atoms with Crippen molar-refractivity contribution in [3.8, 4) is 0 Å². The number of rotatable bonds is 38. The molecule has 0 heterocycles. The summed E-state index contributed by atoms with van der Waals surface area (Å²) in [6.07, 6.45) is 37.7. The van der Waals surface area contributed by atoms with Crippen molar-refractivity contribution in [3.05, 3.63) is 72.9 Å². The van der Waals surface area contributed by atoms with Crippen LogP contribution in [0.4, 0.5) is 0 Å². The number of carboxylic acids is 1. The number of aliphatic hydroxyl groups excluding tert-OH is 3. The summed E-state index contributed by atoms with van der Waals surface area (Å²) in [5.41, 5.74) is 5.33. The van der Waals surface area contributed by atoms with Crippen LogP contribution in [0.2, 0.25) is 0 Å². The van der Waals surface area contributed by atoms with E-state index in [9.17, 15) is 39.2 Å². The lowest BCUT2D eigenvalue weighted by atomic mass is 9.89. The Hall–Kier alpha value is -3.20. The van der Waals surface area contributed by atoms with Gasteiger partial charge in [0.15, 0.2) is 6.10 Å². The number of esters is 2. The molecule has 0 saturated heterocycles. The fraction of sp³-hybridized carbons (Fsp3) is 0.688. The third-order valence-electron chi connectivity index (χ3n) is 10.5. The predicted molar refractivity (Wildman–Crippen MR) is 246 cm³/mol. The highest BCUT2D eigenvalue weighted by molar-refractivity contribution is 7.47. The number of unbranched alkanes of at least 4 members (excludes halogenated alkanes) is 9. The number of allylic oxidation sites excluding steroid dienone is 10. The van der Waals surface area contributed by atoms with Crippen molar-refractivity contribution in [2.45, 2.75) is 179 Å². The molecule has 0 bridgehead atoms. The molecule has 1 saturated carbocycles. The summed E-state index contributed by atoms with van der Waals surface area (Å²) in [7, 11) is -4.79. The van der Waals surface area contributed by atoms with Gasteiger partial charge in [-0.3, -0.25) is 23.4 Å². The van der Waals surface area contributed by atoms with E-state index in [1.54, 1.807) is 6.08 Å².